The average molecular weight is 607 g/mol. The van der Waals surface area contributed by atoms with Crippen LogP contribution >= 0.6 is 0 Å². The minimum Gasteiger partial charge on any atom is -0.492 e. The number of aromatic amines is 2. The summed E-state index contributed by atoms with van der Waals surface area (Å²) in [6.07, 6.45) is 5.42. The molecule has 6 rings (SSSR count). The van der Waals surface area contributed by atoms with Crippen molar-refractivity contribution in [3.8, 4) is 39.7 Å². The van der Waals surface area contributed by atoms with Gasteiger partial charge in [-0.15, -0.1) is 0 Å². The number of ether oxygens (including phenoxy) is 1. The van der Waals surface area contributed by atoms with Crippen molar-refractivity contribution in [2.24, 2.45) is 5.41 Å². The zero-order valence-corrected chi connectivity index (χ0v) is 25.9. The molecule has 1 amide bonds. The Balaban J connectivity index is 1.33. The molecule has 0 spiro atoms. The lowest BCUT2D eigenvalue weighted by Gasteiger charge is -2.17. The van der Waals surface area contributed by atoms with Gasteiger partial charge in [-0.05, 0) is 62.0 Å². The lowest BCUT2D eigenvalue weighted by atomic mass is 9.92. The number of pyridine rings is 3. The van der Waals surface area contributed by atoms with Crippen molar-refractivity contribution in [1.29, 1.82) is 0 Å². The topological polar surface area (TPSA) is 125 Å². The molecule has 0 aliphatic carbocycles. The molecule has 3 N–H and O–H groups in total. The van der Waals surface area contributed by atoms with Gasteiger partial charge >= 0.3 is 0 Å². The molecule has 5 aromatic heterocycles. The zero-order valence-electron chi connectivity index (χ0n) is 25.9. The molecule has 0 aliphatic heterocycles. The van der Waals surface area contributed by atoms with Crippen LogP contribution in [-0.2, 0) is 4.79 Å². The summed E-state index contributed by atoms with van der Waals surface area (Å²) in [5.74, 6) is -0.0194. The molecule has 6 aromatic rings. The first-order chi connectivity index (χ1) is 21.5. The summed E-state index contributed by atoms with van der Waals surface area (Å²) in [6.45, 7) is 7.22. The van der Waals surface area contributed by atoms with Gasteiger partial charge in [0, 0.05) is 53.5 Å². The molecular formula is C34H35FN8O2. The Kier molecular flexibility index (Phi) is 8.03. The van der Waals surface area contributed by atoms with Crippen LogP contribution in [-0.4, -0.2) is 68.2 Å². The van der Waals surface area contributed by atoms with E-state index in [2.05, 4.69) is 30.5 Å². The molecule has 230 valence electrons. The average Bonchev–Trinajstić information content (AvgIpc) is 3.59. The minimum absolute atomic E-state index is 0.0685. The molecule has 5 heterocycles. The van der Waals surface area contributed by atoms with Crippen molar-refractivity contribution < 1.29 is 13.9 Å². The number of rotatable bonds is 9. The van der Waals surface area contributed by atoms with Gasteiger partial charge in [0.2, 0.25) is 5.91 Å². The molecule has 0 fully saturated rings. The van der Waals surface area contributed by atoms with E-state index < -0.39 is 5.82 Å². The standard InChI is InChI=1S/C34H35FN8O2/c1-34(2,3)17-30(44)38-23-13-21(18-36-19-23)26-6-7-28-32(40-26)33(42-41-28)29-16-25-27(39-29)8-9-37-31(25)20-12-22(35)15-24(14-20)45-11-10-43(4)5/h6-9,12-16,18-19,39H,10-11,17H2,1-5H3,(H,38,44)(H,41,42). The van der Waals surface area contributed by atoms with Crippen LogP contribution in [0.2, 0.25) is 0 Å². The van der Waals surface area contributed by atoms with Crippen molar-refractivity contribution in [3.05, 3.63) is 72.9 Å². The first-order valence-corrected chi connectivity index (χ1v) is 14.7. The normalized spacial score (nSPS) is 11.9. The van der Waals surface area contributed by atoms with Gasteiger partial charge in [-0.1, -0.05) is 20.8 Å². The number of aromatic nitrogens is 6. The number of nitrogens with one attached hydrogen (secondary N) is 3. The van der Waals surface area contributed by atoms with Gasteiger partial charge in [-0.2, -0.15) is 5.10 Å². The number of hydrogen-bond donors (Lipinski definition) is 3. The third-order valence-corrected chi connectivity index (χ3v) is 7.17. The Bertz CT molecular complexity index is 2010. The summed E-state index contributed by atoms with van der Waals surface area (Å²) in [6, 6.07) is 14.1. The van der Waals surface area contributed by atoms with Gasteiger partial charge in [0.15, 0.2) is 0 Å². The molecule has 0 unspecified atom stereocenters. The van der Waals surface area contributed by atoms with Gasteiger partial charge in [0.25, 0.3) is 0 Å². The number of nitrogens with zero attached hydrogens (tertiary/aromatic N) is 5. The molecule has 0 bridgehead atoms. The molecular weight excluding hydrogens is 571 g/mol. The van der Waals surface area contributed by atoms with Crippen LogP contribution in [0.3, 0.4) is 0 Å². The van der Waals surface area contributed by atoms with Gasteiger partial charge in [0.05, 0.1) is 34.5 Å². The maximum absolute atomic E-state index is 14.7. The van der Waals surface area contributed by atoms with Gasteiger partial charge < -0.3 is 19.9 Å². The van der Waals surface area contributed by atoms with E-state index in [1.165, 1.54) is 12.1 Å². The molecule has 11 heteroatoms. The second-order valence-corrected chi connectivity index (χ2v) is 12.5. The third kappa shape index (κ3) is 6.83. The number of carbonyl (C=O) groups is 1. The minimum atomic E-state index is -0.399. The van der Waals surface area contributed by atoms with Crippen LogP contribution in [0, 0.1) is 11.2 Å². The van der Waals surface area contributed by atoms with Crippen LogP contribution in [0.25, 0.3) is 55.8 Å². The zero-order chi connectivity index (χ0) is 31.7. The van der Waals surface area contributed by atoms with Crippen molar-refractivity contribution in [2.45, 2.75) is 27.2 Å². The molecule has 10 nitrogen and oxygen atoms in total. The fraction of sp³-hybridized carbons (Fsp3) is 0.265. The largest absolute Gasteiger partial charge is 0.492 e. The van der Waals surface area contributed by atoms with Crippen LogP contribution in [0.1, 0.15) is 27.2 Å². The second kappa shape index (κ2) is 12.1. The summed E-state index contributed by atoms with van der Waals surface area (Å²) < 4.78 is 20.5. The smallest absolute Gasteiger partial charge is 0.224 e. The summed E-state index contributed by atoms with van der Waals surface area (Å²) in [5, 5.41) is 11.4. The summed E-state index contributed by atoms with van der Waals surface area (Å²) in [5.41, 5.74) is 6.77. The maximum atomic E-state index is 14.7. The maximum Gasteiger partial charge on any atom is 0.224 e. The Morgan fingerprint density at radius 2 is 1.84 bits per heavy atom. The highest BCUT2D eigenvalue weighted by atomic mass is 19.1. The van der Waals surface area contributed by atoms with Gasteiger partial charge in [-0.3, -0.25) is 19.9 Å². The summed E-state index contributed by atoms with van der Waals surface area (Å²) >= 11 is 0. The third-order valence-electron chi connectivity index (χ3n) is 7.17. The molecule has 0 saturated carbocycles. The van der Waals surface area contributed by atoms with Crippen molar-refractivity contribution in [3.63, 3.8) is 0 Å². The van der Waals surface area contributed by atoms with E-state index in [1.54, 1.807) is 24.7 Å². The number of hydrogen-bond acceptors (Lipinski definition) is 7. The van der Waals surface area contributed by atoms with Gasteiger partial charge in [-0.25, -0.2) is 9.37 Å². The van der Waals surface area contributed by atoms with E-state index in [0.717, 1.165) is 27.7 Å². The monoisotopic (exact) mass is 606 g/mol. The molecule has 0 atom stereocenters. The SMILES string of the molecule is CN(C)CCOc1cc(F)cc(-c2nccc3[nH]c(-c4n[nH]c5ccc(-c6cncc(NC(=O)CC(C)(C)C)c6)nc45)cc23)c1. The number of likely N-dealkylation sites (N-methyl/N-ethyl adjacent to an activating group) is 1. The quantitative estimate of drug-likeness (QED) is 0.168. The number of fused-ring (bicyclic) bond motifs is 2. The predicted molar refractivity (Wildman–Crippen MR) is 174 cm³/mol. The summed E-state index contributed by atoms with van der Waals surface area (Å²) in [4.78, 5) is 31.8. The Morgan fingerprint density at radius 1 is 1.00 bits per heavy atom. The van der Waals surface area contributed by atoms with Crippen LogP contribution in [0.5, 0.6) is 5.75 Å². The molecule has 0 radical (unpaired) electrons. The van der Waals surface area contributed by atoms with Crippen molar-refractivity contribution in [2.75, 3.05) is 32.6 Å². The van der Waals surface area contributed by atoms with E-state index in [1.807, 2.05) is 70.1 Å². The Labute approximate surface area is 260 Å². The van der Waals surface area contributed by atoms with Gasteiger partial charge in [0.1, 0.15) is 29.4 Å². The second-order valence-electron chi connectivity index (χ2n) is 12.5. The first-order valence-electron chi connectivity index (χ1n) is 14.7. The van der Waals surface area contributed by atoms with E-state index in [9.17, 15) is 9.18 Å². The van der Waals surface area contributed by atoms with Crippen LogP contribution in [0.4, 0.5) is 10.1 Å². The van der Waals surface area contributed by atoms with Crippen molar-refractivity contribution >= 4 is 33.5 Å². The molecule has 1 aromatic carbocycles. The number of halogens is 1. The van der Waals surface area contributed by atoms with Crippen molar-refractivity contribution in [1.82, 2.24) is 35.0 Å². The molecule has 45 heavy (non-hydrogen) atoms. The molecule has 0 saturated heterocycles. The number of anilines is 1. The van der Waals surface area contributed by atoms with E-state index in [0.29, 0.717) is 59.2 Å². The highest BCUT2D eigenvalue weighted by Gasteiger charge is 2.18. The van der Waals surface area contributed by atoms with E-state index in [4.69, 9.17) is 9.72 Å². The molecule has 0 aliphatic rings. The Hall–Kier alpha value is -5.16. The number of amides is 1. The van der Waals surface area contributed by atoms with Crippen LogP contribution < -0.4 is 10.1 Å². The number of H-pyrrole nitrogens is 2. The lowest BCUT2D eigenvalue weighted by molar-refractivity contribution is -0.117. The summed E-state index contributed by atoms with van der Waals surface area (Å²) in [7, 11) is 3.91. The number of carbonyl (C=O) groups excluding carboxylic acids is 1. The van der Waals surface area contributed by atoms with E-state index in [-0.39, 0.29) is 11.3 Å². The van der Waals surface area contributed by atoms with E-state index >= 15 is 0 Å². The first kappa shape index (κ1) is 29.9. The highest BCUT2D eigenvalue weighted by molar-refractivity contribution is 5.99. The lowest BCUT2D eigenvalue weighted by Crippen LogP contribution is -2.19. The highest BCUT2D eigenvalue weighted by Crippen LogP contribution is 2.35. The van der Waals surface area contributed by atoms with Crippen LogP contribution in [0.15, 0.2) is 67.1 Å². The fourth-order valence-electron chi connectivity index (χ4n) is 5.12. The number of benzene rings is 1. The Morgan fingerprint density at radius 3 is 2.64 bits per heavy atom. The fourth-order valence-corrected chi connectivity index (χ4v) is 5.12. The predicted octanol–water partition coefficient (Wildman–Crippen LogP) is 6.68.